The minimum absolute atomic E-state index is 0.153. The number of nitrogens with zero attached hydrogens (tertiary/aromatic N) is 4. The number of aromatic nitrogens is 4. The number of ether oxygens (including phenoxy) is 1. The number of pyridine rings is 1. The van der Waals surface area contributed by atoms with E-state index in [0.29, 0.717) is 5.82 Å². The number of anilines is 1. The molecule has 2 heterocycles. The standard InChI is InChI=1S/C17H23N5O2/c1-11(2)19-15-9-14(8-13(5)20-15)17-18-10-22(21-17)7-6-16(23)24-12(3)4/h6-12H,1-5H3,(H,19,20)/b7-6-. The summed E-state index contributed by atoms with van der Waals surface area (Å²) in [5, 5.41) is 7.62. The summed E-state index contributed by atoms with van der Waals surface area (Å²) < 4.78 is 6.50. The summed E-state index contributed by atoms with van der Waals surface area (Å²) in [6.45, 7) is 9.63. The van der Waals surface area contributed by atoms with Crippen LogP contribution in [0.25, 0.3) is 17.6 Å². The highest BCUT2D eigenvalue weighted by Gasteiger charge is 2.08. The molecule has 0 fully saturated rings. The molecule has 24 heavy (non-hydrogen) atoms. The maximum Gasteiger partial charge on any atom is 0.332 e. The van der Waals surface area contributed by atoms with Crippen molar-refractivity contribution < 1.29 is 9.53 Å². The predicted octanol–water partition coefficient (Wildman–Crippen LogP) is 2.89. The van der Waals surface area contributed by atoms with Crippen molar-refractivity contribution in [3.63, 3.8) is 0 Å². The molecule has 0 aliphatic carbocycles. The van der Waals surface area contributed by atoms with Crippen LogP contribution in [0.4, 0.5) is 5.82 Å². The molecule has 0 atom stereocenters. The molecular formula is C17H23N5O2. The summed E-state index contributed by atoms with van der Waals surface area (Å²) in [4.78, 5) is 20.2. The van der Waals surface area contributed by atoms with Crippen LogP contribution in [0.5, 0.6) is 0 Å². The Labute approximate surface area is 141 Å². The van der Waals surface area contributed by atoms with Gasteiger partial charge in [0.15, 0.2) is 5.82 Å². The SMILES string of the molecule is Cc1cc(-c2ncn(/C=C\C(=O)OC(C)C)n2)cc(NC(C)C)n1. The van der Waals surface area contributed by atoms with Gasteiger partial charge in [0, 0.05) is 29.6 Å². The molecule has 7 nitrogen and oxygen atoms in total. The van der Waals surface area contributed by atoms with E-state index in [9.17, 15) is 4.79 Å². The number of nitrogens with one attached hydrogen (secondary N) is 1. The number of aryl methyl sites for hydroxylation is 1. The van der Waals surface area contributed by atoms with Gasteiger partial charge in [0.05, 0.1) is 6.10 Å². The quantitative estimate of drug-likeness (QED) is 0.648. The average Bonchev–Trinajstić information content (AvgIpc) is 2.92. The Hall–Kier alpha value is -2.70. The largest absolute Gasteiger partial charge is 0.460 e. The van der Waals surface area contributed by atoms with Crippen LogP contribution in [0, 0.1) is 6.92 Å². The van der Waals surface area contributed by atoms with Crippen molar-refractivity contribution in [2.75, 3.05) is 5.32 Å². The Morgan fingerprint density at radius 2 is 2.04 bits per heavy atom. The van der Waals surface area contributed by atoms with Crippen molar-refractivity contribution in [1.29, 1.82) is 0 Å². The van der Waals surface area contributed by atoms with E-state index in [-0.39, 0.29) is 12.1 Å². The number of hydrogen-bond acceptors (Lipinski definition) is 6. The van der Waals surface area contributed by atoms with Crippen molar-refractivity contribution in [3.8, 4) is 11.4 Å². The van der Waals surface area contributed by atoms with Gasteiger partial charge in [-0.15, -0.1) is 5.10 Å². The normalized spacial score (nSPS) is 11.5. The van der Waals surface area contributed by atoms with E-state index in [1.807, 2.05) is 19.1 Å². The monoisotopic (exact) mass is 329 g/mol. The maximum absolute atomic E-state index is 11.5. The molecule has 0 aromatic carbocycles. The molecule has 0 saturated carbocycles. The van der Waals surface area contributed by atoms with E-state index < -0.39 is 5.97 Å². The Balaban J connectivity index is 2.17. The van der Waals surface area contributed by atoms with Crippen LogP contribution in [0.3, 0.4) is 0 Å². The fourth-order valence-electron chi connectivity index (χ4n) is 2.06. The van der Waals surface area contributed by atoms with Crippen LogP contribution in [-0.2, 0) is 9.53 Å². The van der Waals surface area contributed by atoms with Gasteiger partial charge in [-0.3, -0.25) is 0 Å². The number of rotatable bonds is 6. The van der Waals surface area contributed by atoms with E-state index in [2.05, 4.69) is 34.2 Å². The summed E-state index contributed by atoms with van der Waals surface area (Å²) in [6, 6.07) is 4.11. The third kappa shape index (κ3) is 5.19. The smallest absolute Gasteiger partial charge is 0.332 e. The lowest BCUT2D eigenvalue weighted by atomic mass is 10.2. The average molecular weight is 329 g/mol. The molecule has 0 saturated heterocycles. The molecule has 0 unspecified atom stereocenters. The Morgan fingerprint density at radius 3 is 2.71 bits per heavy atom. The third-order valence-corrected chi connectivity index (χ3v) is 2.87. The number of carbonyl (C=O) groups excluding carboxylic acids is 1. The van der Waals surface area contributed by atoms with Gasteiger partial charge >= 0.3 is 5.97 Å². The van der Waals surface area contributed by atoms with E-state index in [4.69, 9.17) is 4.74 Å². The van der Waals surface area contributed by atoms with Crippen LogP contribution in [-0.4, -0.2) is 37.9 Å². The molecule has 0 radical (unpaired) electrons. The molecule has 2 aromatic rings. The lowest BCUT2D eigenvalue weighted by Crippen LogP contribution is -2.11. The van der Waals surface area contributed by atoms with Crippen LogP contribution in [0.1, 0.15) is 33.4 Å². The Morgan fingerprint density at radius 1 is 1.29 bits per heavy atom. The van der Waals surface area contributed by atoms with E-state index in [1.165, 1.54) is 17.0 Å². The van der Waals surface area contributed by atoms with Crippen molar-refractivity contribution in [1.82, 2.24) is 19.7 Å². The zero-order valence-corrected chi connectivity index (χ0v) is 14.6. The van der Waals surface area contributed by atoms with Gasteiger partial charge in [-0.1, -0.05) is 0 Å². The molecule has 2 rings (SSSR count). The molecule has 128 valence electrons. The molecule has 0 spiro atoms. The zero-order chi connectivity index (χ0) is 17.7. The molecule has 2 aromatic heterocycles. The number of carbonyl (C=O) groups is 1. The van der Waals surface area contributed by atoms with Crippen LogP contribution in [0.2, 0.25) is 0 Å². The Bertz CT molecular complexity index is 734. The Kier molecular flexibility index (Phi) is 5.68. The second kappa shape index (κ2) is 7.72. The third-order valence-electron chi connectivity index (χ3n) is 2.87. The topological polar surface area (TPSA) is 81.9 Å². The summed E-state index contributed by atoms with van der Waals surface area (Å²) in [5.41, 5.74) is 1.74. The first-order chi connectivity index (χ1) is 11.3. The van der Waals surface area contributed by atoms with Gasteiger partial charge in [-0.05, 0) is 46.8 Å². The first kappa shape index (κ1) is 17.7. The summed E-state index contributed by atoms with van der Waals surface area (Å²) in [5.74, 6) is 0.937. The predicted molar refractivity (Wildman–Crippen MR) is 93.3 cm³/mol. The van der Waals surface area contributed by atoms with Crippen molar-refractivity contribution in [2.45, 2.75) is 46.8 Å². The fraction of sp³-hybridized carbons (Fsp3) is 0.412. The van der Waals surface area contributed by atoms with Crippen molar-refractivity contribution in [2.24, 2.45) is 0 Å². The number of esters is 1. The first-order valence-electron chi connectivity index (χ1n) is 7.89. The lowest BCUT2D eigenvalue weighted by molar-refractivity contribution is -0.141. The first-order valence-corrected chi connectivity index (χ1v) is 7.89. The highest BCUT2D eigenvalue weighted by atomic mass is 16.5. The molecule has 1 N–H and O–H groups in total. The second-order valence-corrected chi connectivity index (χ2v) is 6.03. The van der Waals surface area contributed by atoms with E-state index in [0.717, 1.165) is 17.1 Å². The van der Waals surface area contributed by atoms with Gasteiger partial charge < -0.3 is 10.1 Å². The molecule has 7 heteroatoms. The molecule has 0 aliphatic heterocycles. The van der Waals surface area contributed by atoms with Gasteiger partial charge in [-0.2, -0.15) is 0 Å². The highest BCUT2D eigenvalue weighted by molar-refractivity contribution is 5.85. The van der Waals surface area contributed by atoms with Crippen LogP contribution >= 0.6 is 0 Å². The summed E-state index contributed by atoms with van der Waals surface area (Å²) >= 11 is 0. The second-order valence-electron chi connectivity index (χ2n) is 6.03. The van der Waals surface area contributed by atoms with Crippen LogP contribution < -0.4 is 5.32 Å². The molecule has 0 amide bonds. The van der Waals surface area contributed by atoms with Gasteiger partial charge in [0.1, 0.15) is 12.1 Å². The van der Waals surface area contributed by atoms with Gasteiger partial charge in [0.2, 0.25) is 0 Å². The summed E-state index contributed by atoms with van der Waals surface area (Å²) in [6.07, 6.45) is 4.23. The molecule has 0 bridgehead atoms. The minimum Gasteiger partial charge on any atom is -0.460 e. The van der Waals surface area contributed by atoms with Crippen LogP contribution in [0.15, 0.2) is 24.5 Å². The van der Waals surface area contributed by atoms with Gasteiger partial charge in [0.25, 0.3) is 0 Å². The van der Waals surface area contributed by atoms with Crippen molar-refractivity contribution >= 4 is 18.0 Å². The van der Waals surface area contributed by atoms with Gasteiger partial charge in [-0.25, -0.2) is 19.4 Å². The molecule has 0 aliphatic rings. The fourth-order valence-corrected chi connectivity index (χ4v) is 2.06. The number of hydrogen-bond donors (Lipinski definition) is 1. The lowest BCUT2D eigenvalue weighted by Gasteiger charge is -2.10. The molecular weight excluding hydrogens is 306 g/mol. The maximum atomic E-state index is 11.5. The van der Waals surface area contributed by atoms with Crippen molar-refractivity contribution in [3.05, 3.63) is 30.2 Å². The zero-order valence-electron chi connectivity index (χ0n) is 14.6. The van der Waals surface area contributed by atoms with E-state index >= 15 is 0 Å². The highest BCUT2D eigenvalue weighted by Crippen LogP contribution is 2.19. The van der Waals surface area contributed by atoms with E-state index in [1.54, 1.807) is 20.2 Å². The summed E-state index contributed by atoms with van der Waals surface area (Å²) in [7, 11) is 0. The minimum atomic E-state index is -0.412.